The number of carbonyl (C=O) groups excluding carboxylic acids is 1. The molecule has 1 aromatic heterocycles. The minimum atomic E-state index is 0.126. The number of hydrogen-bond donors (Lipinski definition) is 1. The Hall–Kier alpha value is -1.42. The molecule has 1 aromatic rings. The van der Waals surface area contributed by atoms with Crippen molar-refractivity contribution >= 4 is 5.91 Å². The van der Waals surface area contributed by atoms with E-state index in [0.29, 0.717) is 19.5 Å². The number of amides is 1. The van der Waals surface area contributed by atoms with Crippen LogP contribution in [-0.2, 0) is 11.3 Å². The molecular weight excluding hydrogens is 202 g/mol. The number of carbonyl (C=O) groups is 1. The van der Waals surface area contributed by atoms with Crippen LogP contribution in [0.3, 0.4) is 0 Å². The van der Waals surface area contributed by atoms with E-state index >= 15 is 0 Å². The highest BCUT2D eigenvalue weighted by Crippen LogP contribution is 2.05. The maximum Gasteiger partial charge on any atom is 0.224 e. The normalized spacial score (nSPS) is 10.1. The van der Waals surface area contributed by atoms with E-state index < -0.39 is 0 Å². The second-order valence-electron chi connectivity index (χ2n) is 3.71. The molecule has 4 heteroatoms. The van der Waals surface area contributed by atoms with Crippen molar-refractivity contribution in [3.63, 3.8) is 0 Å². The molecule has 0 aromatic carbocycles. The molecule has 88 valence electrons. The van der Waals surface area contributed by atoms with E-state index in [9.17, 15) is 4.79 Å². The van der Waals surface area contributed by atoms with E-state index in [1.165, 1.54) is 0 Å². The van der Waals surface area contributed by atoms with Gasteiger partial charge in [-0.05, 0) is 24.1 Å². The molecule has 0 unspecified atom stereocenters. The van der Waals surface area contributed by atoms with Gasteiger partial charge < -0.3 is 10.6 Å². The lowest BCUT2D eigenvalue weighted by molar-refractivity contribution is -0.131. The second-order valence-corrected chi connectivity index (χ2v) is 3.71. The molecule has 0 aliphatic heterocycles. The number of pyridine rings is 1. The minimum Gasteiger partial charge on any atom is -0.338 e. The first kappa shape index (κ1) is 12.6. The molecule has 1 amide bonds. The summed E-state index contributed by atoms with van der Waals surface area (Å²) in [7, 11) is 0. The Morgan fingerprint density at radius 3 is 2.69 bits per heavy atom. The van der Waals surface area contributed by atoms with Gasteiger partial charge in [0.05, 0.1) is 0 Å². The lowest BCUT2D eigenvalue weighted by Crippen LogP contribution is -2.32. The van der Waals surface area contributed by atoms with Gasteiger partial charge in [-0.25, -0.2) is 0 Å². The van der Waals surface area contributed by atoms with Crippen molar-refractivity contribution in [1.29, 1.82) is 0 Å². The zero-order valence-electron chi connectivity index (χ0n) is 9.72. The highest BCUT2D eigenvalue weighted by atomic mass is 16.2. The van der Waals surface area contributed by atoms with Crippen molar-refractivity contribution in [3.8, 4) is 0 Å². The maximum atomic E-state index is 11.8. The zero-order chi connectivity index (χ0) is 11.8. The van der Waals surface area contributed by atoms with Gasteiger partial charge in [-0.1, -0.05) is 6.92 Å². The fourth-order valence-electron chi connectivity index (χ4n) is 1.55. The molecule has 1 rings (SSSR count). The zero-order valence-corrected chi connectivity index (χ0v) is 9.72. The topological polar surface area (TPSA) is 59.2 Å². The number of nitrogens with zero attached hydrogens (tertiary/aromatic N) is 2. The summed E-state index contributed by atoms with van der Waals surface area (Å²) >= 11 is 0. The standard InChI is InChI=1S/C12H19N3O/c1-2-9-15(12(16)3-6-13)10-11-4-7-14-8-5-11/h4-5,7-8H,2-3,6,9-10,13H2,1H3. The second kappa shape index (κ2) is 6.95. The molecular formula is C12H19N3O. The lowest BCUT2D eigenvalue weighted by Gasteiger charge is -2.21. The van der Waals surface area contributed by atoms with Gasteiger partial charge in [0.2, 0.25) is 5.91 Å². The fourth-order valence-corrected chi connectivity index (χ4v) is 1.55. The third-order valence-electron chi connectivity index (χ3n) is 2.33. The minimum absolute atomic E-state index is 0.126. The molecule has 1 heterocycles. The van der Waals surface area contributed by atoms with Crippen LogP contribution in [0.2, 0.25) is 0 Å². The lowest BCUT2D eigenvalue weighted by atomic mass is 10.2. The molecule has 0 radical (unpaired) electrons. The van der Waals surface area contributed by atoms with Crippen LogP contribution < -0.4 is 5.73 Å². The van der Waals surface area contributed by atoms with Crippen molar-refractivity contribution in [3.05, 3.63) is 30.1 Å². The van der Waals surface area contributed by atoms with Gasteiger partial charge in [-0.2, -0.15) is 0 Å². The third-order valence-corrected chi connectivity index (χ3v) is 2.33. The predicted octanol–water partition coefficient (Wildman–Crippen LogP) is 1.17. The number of aromatic nitrogens is 1. The molecule has 0 saturated carbocycles. The Bertz CT molecular complexity index is 313. The fraction of sp³-hybridized carbons (Fsp3) is 0.500. The highest BCUT2D eigenvalue weighted by Gasteiger charge is 2.11. The van der Waals surface area contributed by atoms with Crippen LogP contribution in [0.4, 0.5) is 0 Å². The summed E-state index contributed by atoms with van der Waals surface area (Å²) in [6.45, 7) is 3.90. The van der Waals surface area contributed by atoms with Crippen LogP contribution in [0.15, 0.2) is 24.5 Å². The van der Waals surface area contributed by atoms with Crippen molar-refractivity contribution in [1.82, 2.24) is 9.88 Å². The van der Waals surface area contributed by atoms with Gasteiger partial charge in [0.25, 0.3) is 0 Å². The smallest absolute Gasteiger partial charge is 0.224 e. The summed E-state index contributed by atoms with van der Waals surface area (Å²) in [4.78, 5) is 17.6. The van der Waals surface area contributed by atoms with Crippen molar-refractivity contribution in [2.45, 2.75) is 26.3 Å². The van der Waals surface area contributed by atoms with Gasteiger partial charge in [-0.3, -0.25) is 9.78 Å². The molecule has 2 N–H and O–H groups in total. The van der Waals surface area contributed by atoms with E-state index in [-0.39, 0.29) is 5.91 Å². The van der Waals surface area contributed by atoms with Crippen LogP contribution in [0, 0.1) is 0 Å². The van der Waals surface area contributed by atoms with Gasteiger partial charge in [0, 0.05) is 38.4 Å². The average Bonchev–Trinajstić information content (AvgIpc) is 2.30. The Labute approximate surface area is 96.5 Å². The van der Waals surface area contributed by atoms with Gasteiger partial charge >= 0.3 is 0 Å². The van der Waals surface area contributed by atoms with Gasteiger partial charge in [0.15, 0.2) is 0 Å². The Kier molecular flexibility index (Phi) is 5.50. The number of rotatable bonds is 6. The summed E-state index contributed by atoms with van der Waals surface area (Å²) in [6, 6.07) is 3.86. The van der Waals surface area contributed by atoms with Gasteiger partial charge in [0.1, 0.15) is 0 Å². The number of hydrogen-bond acceptors (Lipinski definition) is 3. The van der Waals surface area contributed by atoms with Gasteiger partial charge in [-0.15, -0.1) is 0 Å². The molecule has 0 fully saturated rings. The maximum absolute atomic E-state index is 11.8. The summed E-state index contributed by atoms with van der Waals surface area (Å²) in [5, 5.41) is 0. The summed E-state index contributed by atoms with van der Waals surface area (Å²) in [6.07, 6.45) is 4.87. The first-order valence-electron chi connectivity index (χ1n) is 5.64. The van der Waals surface area contributed by atoms with E-state index in [4.69, 9.17) is 5.73 Å². The molecule has 0 aliphatic rings. The Morgan fingerprint density at radius 1 is 1.44 bits per heavy atom. The van der Waals surface area contributed by atoms with Crippen LogP contribution in [0.5, 0.6) is 0 Å². The van der Waals surface area contributed by atoms with Crippen LogP contribution in [-0.4, -0.2) is 28.9 Å². The predicted molar refractivity (Wildman–Crippen MR) is 63.6 cm³/mol. The summed E-state index contributed by atoms with van der Waals surface area (Å²) in [5.41, 5.74) is 6.50. The van der Waals surface area contributed by atoms with E-state index in [2.05, 4.69) is 11.9 Å². The average molecular weight is 221 g/mol. The Balaban J connectivity index is 2.60. The van der Waals surface area contributed by atoms with Crippen molar-refractivity contribution < 1.29 is 4.79 Å². The monoisotopic (exact) mass is 221 g/mol. The number of nitrogens with two attached hydrogens (primary N) is 1. The first-order chi connectivity index (χ1) is 7.77. The quantitative estimate of drug-likeness (QED) is 0.784. The van der Waals surface area contributed by atoms with Crippen molar-refractivity contribution in [2.75, 3.05) is 13.1 Å². The van der Waals surface area contributed by atoms with Crippen LogP contribution >= 0.6 is 0 Å². The van der Waals surface area contributed by atoms with Crippen LogP contribution in [0.25, 0.3) is 0 Å². The van der Waals surface area contributed by atoms with Crippen LogP contribution in [0.1, 0.15) is 25.3 Å². The molecule has 0 aliphatic carbocycles. The van der Waals surface area contributed by atoms with E-state index in [1.807, 2.05) is 17.0 Å². The Morgan fingerprint density at radius 2 is 2.12 bits per heavy atom. The summed E-state index contributed by atoms with van der Waals surface area (Å²) in [5.74, 6) is 0.126. The van der Waals surface area contributed by atoms with E-state index in [0.717, 1.165) is 18.5 Å². The SMILES string of the molecule is CCCN(Cc1ccncc1)C(=O)CCN. The molecule has 4 nitrogen and oxygen atoms in total. The highest BCUT2D eigenvalue weighted by molar-refractivity contribution is 5.76. The summed E-state index contributed by atoms with van der Waals surface area (Å²) < 4.78 is 0. The van der Waals surface area contributed by atoms with E-state index in [1.54, 1.807) is 12.4 Å². The molecule has 0 spiro atoms. The third kappa shape index (κ3) is 3.98. The first-order valence-corrected chi connectivity index (χ1v) is 5.64. The molecule has 0 saturated heterocycles. The van der Waals surface area contributed by atoms with Crippen molar-refractivity contribution in [2.24, 2.45) is 5.73 Å². The largest absolute Gasteiger partial charge is 0.338 e. The molecule has 0 bridgehead atoms. The molecule has 0 atom stereocenters. The molecule has 16 heavy (non-hydrogen) atoms.